The van der Waals surface area contributed by atoms with Gasteiger partial charge in [0, 0.05) is 159 Å². The van der Waals surface area contributed by atoms with Crippen LogP contribution in [0.4, 0.5) is 0 Å². The van der Waals surface area contributed by atoms with Gasteiger partial charge in [0.25, 0.3) is 22.2 Å². The highest BCUT2D eigenvalue weighted by Gasteiger charge is 2.41. The van der Waals surface area contributed by atoms with Crippen LogP contribution in [0.15, 0.2) is 68.5 Å². The van der Waals surface area contributed by atoms with Crippen molar-refractivity contribution < 1.29 is 63.3 Å². The molecule has 27 nitrogen and oxygen atoms in total. The topological polar surface area (TPSA) is 388 Å². The maximum absolute atomic E-state index is 13.1. The van der Waals surface area contributed by atoms with Crippen LogP contribution in [0.1, 0.15) is 194 Å². The lowest BCUT2D eigenvalue weighted by Gasteiger charge is -2.23. The maximum Gasteiger partial charge on any atom is 0.341 e. The van der Waals surface area contributed by atoms with E-state index in [1.807, 2.05) is 31.2 Å². The first-order valence-corrected chi connectivity index (χ1v) is 49.0. The Hall–Kier alpha value is -9.01. The van der Waals surface area contributed by atoms with Crippen molar-refractivity contribution in [1.29, 1.82) is 21.0 Å². The summed E-state index contributed by atoms with van der Waals surface area (Å²) in [4.78, 5) is 101. The van der Waals surface area contributed by atoms with Crippen LogP contribution in [0.3, 0.4) is 0 Å². The number of nitriles is 4. The van der Waals surface area contributed by atoms with Crippen LogP contribution in [-0.4, -0.2) is 135 Å². The number of carbonyl (C=O) groups excluding carboxylic acids is 3. The van der Waals surface area contributed by atoms with Crippen LogP contribution in [0, 0.1) is 95.2 Å². The molecule has 2 atom stereocenters. The molecule has 0 saturated heterocycles. The smallest absolute Gasteiger partial charge is 0.341 e. The van der Waals surface area contributed by atoms with E-state index in [4.69, 9.17) is 56.3 Å². The summed E-state index contributed by atoms with van der Waals surface area (Å²) in [5, 5.41) is 73.8. The van der Waals surface area contributed by atoms with E-state index in [9.17, 15) is 53.7 Å². The number of nitrogens with zero attached hydrogens (tertiary/aromatic N) is 10. The van der Waals surface area contributed by atoms with Crippen molar-refractivity contribution in [3.05, 3.63) is 141 Å². The molecule has 0 amide bonds. The predicted molar refractivity (Wildman–Crippen MR) is 478 cm³/mol. The van der Waals surface area contributed by atoms with E-state index in [2.05, 4.69) is 105 Å². The van der Waals surface area contributed by atoms with Crippen molar-refractivity contribution in [3.8, 4) is 48.5 Å². The van der Waals surface area contributed by atoms with Crippen LogP contribution in [-0.2, 0) is 87.8 Å². The lowest BCUT2D eigenvalue weighted by Crippen LogP contribution is -2.29. The third-order valence-corrected chi connectivity index (χ3v) is 25.4. The number of halogens is 3. The fourth-order valence-corrected chi connectivity index (χ4v) is 16.6. The quantitative estimate of drug-likeness (QED) is 0.0152. The number of aromatic nitrogens is 6. The lowest BCUT2D eigenvalue weighted by molar-refractivity contribution is -0.149. The van der Waals surface area contributed by atoms with Crippen molar-refractivity contribution in [3.63, 3.8) is 0 Å². The molecule has 2 unspecified atom stereocenters. The van der Waals surface area contributed by atoms with Crippen LogP contribution in [0.2, 0.25) is 51.4 Å². The summed E-state index contributed by atoms with van der Waals surface area (Å²) < 4.78 is 39.5. The Kier molecular flexibility index (Phi) is 34.5. The number of rotatable bonds is 23. The minimum atomic E-state index is -1.25. The van der Waals surface area contributed by atoms with E-state index < -0.39 is 73.6 Å². The summed E-state index contributed by atoms with van der Waals surface area (Å²) in [6.07, 6.45) is 16.8. The fourth-order valence-electron chi connectivity index (χ4n) is 12.9. The highest BCUT2D eigenvalue weighted by atomic mass is 79.9. The van der Waals surface area contributed by atoms with E-state index in [1.165, 1.54) is 18.3 Å². The van der Waals surface area contributed by atoms with Crippen LogP contribution in [0.5, 0.6) is 0 Å². The number of esters is 3. The van der Waals surface area contributed by atoms with Crippen LogP contribution < -0.4 is 22.2 Å². The van der Waals surface area contributed by atoms with E-state index in [0.29, 0.717) is 123 Å². The molecule has 0 aliphatic heterocycles. The molecule has 10 rings (SSSR count). The number of aromatic carboxylic acids is 1. The van der Waals surface area contributed by atoms with Gasteiger partial charge >= 0.3 is 23.9 Å². The molecule has 648 valence electrons. The minimum Gasteiger partial charge on any atom is -0.478 e. The molecule has 4 aliphatic rings. The third kappa shape index (κ3) is 27.0. The highest BCUT2D eigenvalue weighted by Crippen LogP contribution is 2.42. The zero-order chi connectivity index (χ0) is 91.4. The van der Waals surface area contributed by atoms with Gasteiger partial charge in [0.1, 0.15) is 52.5 Å². The number of ether oxygens (including phenoxy) is 5. The molecule has 6 aromatic rings. The summed E-state index contributed by atoms with van der Waals surface area (Å²) in [5.41, 5.74) is 1.10. The number of carboxylic acids is 1. The molecular weight excluding hydrogens is 1760 g/mol. The van der Waals surface area contributed by atoms with Crippen molar-refractivity contribution in [1.82, 2.24) is 27.4 Å². The van der Waals surface area contributed by atoms with E-state index in [1.54, 1.807) is 152 Å². The van der Waals surface area contributed by atoms with Crippen molar-refractivity contribution in [2.75, 3.05) is 13.2 Å². The Morgan fingerprint density at radius 1 is 0.508 bits per heavy atom. The zero-order valence-electron chi connectivity index (χ0n) is 73.6. The summed E-state index contributed by atoms with van der Waals surface area (Å²) in [7, 11) is 4.18. The average molecular weight is 1880 g/mol. The fraction of sp³-hybridized carbons (Fsp3) is 0.545. The Morgan fingerprint density at radius 2 is 0.850 bits per heavy atom. The SMILES string of the molecule is C#CC(C)(O)C1CC1.CC(C)(O)CC#N.CC1=C(C(=O)OC(C)(C)CC#N)c2c(Br)cn(C)c(=O)c2C1.CC1=C(C(=O)OC(C)(C)CC#N)c2c(C#CC(C)(O)C3CC3)cn(C)c(=O)c2C1.Cc1c(C(=O)O)c2c(Br)cn(C)c(=O)c2n1COCC[Si](C)(C)C.Cc1c(C(=O)OC(C)(C)CC#N)c2c(Br)cn(C)c(=O)c2n1COCC[Si](C)(C)C. The second-order valence-corrected chi connectivity index (χ2v) is 49.9. The molecule has 2 saturated carbocycles. The number of allylic oxidation sites excluding steroid dienone is 2. The van der Waals surface area contributed by atoms with Gasteiger partial charge in [-0.3, -0.25) is 19.2 Å². The summed E-state index contributed by atoms with van der Waals surface area (Å²) in [6.45, 7) is 39.0. The van der Waals surface area contributed by atoms with Gasteiger partial charge in [0.05, 0.1) is 77.8 Å². The zero-order valence-corrected chi connectivity index (χ0v) is 80.3. The normalized spacial score (nSPS) is 14.6. The van der Waals surface area contributed by atoms with Crippen LogP contribution in [0.25, 0.3) is 33.0 Å². The molecule has 4 N–H and O–H groups in total. The Morgan fingerprint density at radius 3 is 1.20 bits per heavy atom. The standard InChI is InChI=1S/C23H26N2O4.C21H30BrN3O4Si.C16H23BrN2O4Si.C16H17BrN2O3.C7H10O.C5H9NO/c1-14-12-17-19(18(14)21(27)29-22(2,3)10-11-24)15(13-25(5)20(17)26)8-9-23(4,28)16-6-7-16;1-14-16(20(27)29-21(2,3)8-9-23)17-15(22)12-24(4)19(26)18(17)25(14)13-28-10-11-30(5,6)7;1-10-12(16(21)22)13-11(17)8-18(2)15(20)14(13)19(10)9-23-6-7-24(3,4)5;1-9-7-10-13(11(17)8-19(4)14(10)20)12(9)15(21)22-16(2,3)5-6-18;1-3-7(2,8)6-4-5-6;1-5(2,7)3-4-6/h13,16,28H,6-7,10,12H2,1-5H3;12H,8,10-11,13H2,1-7H3;8H,6-7,9H2,1-5H3,(H,21,22);8H,5,7H2,1-4H3;1,6,8H,4-5H2,2H3;7H,3H2,1-2H3. The van der Waals surface area contributed by atoms with Gasteiger partial charge in [-0.1, -0.05) is 68.2 Å². The lowest BCUT2D eigenvalue weighted by atomic mass is 9.97. The first-order valence-electron chi connectivity index (χ1n) is 39.2. The Bertz CT molecular complexity index is 5560. The second-order valence-electron chi connectivity index (χ2n) is 36.1. The molecule has 0 bridgehead atoms. The summed E-state index contributed by atoms with van der Waals surface area (Å²) >= 11 is 10.3. The van der Waals surface area contributed by atoms with Gasteiger partial charge in [-0.15, -0.1) is 6.42 Å². The number of carbonyl (C=O) groups is 4. The number of hydrogen-bond donors (Lipinski definition) is 4. The number of fused-ring (bicyclic) bond motifs is 4. The van der Waals surface area contributed by atoms with Crippen molar-refractivity contribution in [2.24, 2.45) is 40.0 Å². The maximum atomic E-state index is 13.1. The average Bonchev–Trinajstić information content (AvgIpc) is 1.60. The first-order chi connectivity index (χ1) is 55.2. The molecule has 0 spiro atoms. The molecule has 2 fully saturated rings. The van der Waals surface area contributed by atoms with Gasteiger partial charge in [-0.25, -0.2) is 19.2 Å². The summed E-state index contributed by atoms with van der Waals surface area (Å²) in [5.74, 6) is 6.17. The summed E-state index contributed by atoms with van der Waals surface area (Å²) in [6, 6.07) is 9.93. The van der Waals surface area contributed by atoms with Gasteiger partial charge < -0.3 is 71.5 Å². The first kappa shape index (κ1) is 102. The predicted octanol–water partition coefficient (Wildman–Crippen LogP) is 14.6. The molecule has 0 radical (unpaired) electrons. The van der Waals surface area contributed by atoms with Gasteiger partial charge in [-0.05, 0) is 194 Å². The number of aryl methyl sites for hydroxylation is 4. The van der Waals surface area contributed by atoms with Crippen molar-refractivity contribution in [2.45, 2.75) is 260 Å². The van der Waals surface area contributed by atoms with Gasteiger partial charge in [-0.2, -0.15) is 21.0 Å². The molecule has 6 heterocycles. The largest absolute Gasteiger partial charge is 0.478 e. The number of hydrogen-bond acceptors (Lipinski definition) is 20. The minimum absolute atomic E-state index is 0.0609. The highest BCUT2D eigenvalue weighted by molar-refractivity contribution is 9.11. The van der Waals surface area contributed by atoms with E-state index in [-0.39, 0.29) is 72.9 Å². The molecule has 0 aromatic carbocycles. The van der Waals surface area contributed by atoms with E-state index in [0.717, 1.165) is 48.9 Å². The number of aliphatic hydroxyl groups is 3. The number of carboxylic acid groups (broad SMARTS) is 1. The Labute approximate surface area is 729 Å². The number of pyridine rings is 4. The monoisotopic (exact) mass is 1880 g/mol. The van der Waals surface area contributed by atoms with Gasteiger partial charge in [0.15, 0.2) is 0 Å². The van der Waals surface area contributed by atoms with Crippen molar-refractivity contribution >= 4 is 121 Å². The molecule has 6 aromatic heterocycles. The van der Waals surface area contributed by atoms with Crippen LogP contribution >= 0.6 is 47.8 Å². The Balaban J connectivity index is 0.000000270. The van der Waals surface area contributed by atoms with Gasteiger partial charge in [0.2, 0.25) is 0 Å². The molecule has 4 aliphatic carbocycles. The number of terminal acetylenes is 1. The molecule has 120 heavy (non-hydrogen) atoms. The molecular formula is C88H115Br3N10O17Si2. The molecule has 32 heteroatoms. The third-order valence-electron chi connectivity index (χ3n) is 20.2. The second kappa shape index (κ2) is 40.8. The van der Waals surface area contributed by atoms with E-state index >= 15 is 0 Å².